The fourth-order valence-electron chi connectivity index (χ4n) is 4.61. The van der Waals surface area contributed by atoms with Crippen molar-refractivity contribution in [3.05, 3.63) is 40.8 Å². The number of anilines is 1. The lowest BCUT2D eigenvalue weighted by Gasteiger charge is -2.20. The molecule has 2 aromatic heterocycles. The lowest BCUT2D eigenvalue weighted by Crippen LogP contribution is -2.31. The van der Waals surface area contributed by atoms with Gasteiger partial charge in [0.15, 0.2) is 5.82 Å². The molecule has 34 heavy (non-hydrogen) atoms. The Bertz CT molecular complexity index is 1360. The van der Waals surface area contributed by atoms with Crippen molar-refractivity contribution in [1.29, 1.82) is 0 Å². The van der Waals surface area contributed by atoms with E-state index in [1.165, 1.54) is 0 Å². The average molecular weight is 484 g/mol. The van der Waals surface area contributed by atoms with E-state index in [9.17, 15) is 0 Å². The maximum Gasteiger partial charge on any atom is 0.319 e. The highest BCUT2D eigenvalue weighted by Crippen LogP contribution is 2.41. The van der Waals surface area contributed by atoms with Gasteiger partial charge in [-0.15, -0.1) is 0 Å². The minimum absolute atomic E-state index is 0.123. The summed E-state index contributed by atoms with van der Waals surface area (Å²) in [6.45, 7) is 4.25. The van der Waals surface area contributed by atoms with E-state index in [-0.39, 0.29) is 28.2 Å². The van der Waals surface area contributed by atoms with Crippen LogP contribution in [0.4, 0.5) is 10.2 Å². The van der Waals surface area contributed by atoms with Crippen LogP contribution in [0.3, 0.4) is 0 Å². The third-order valence-corrected chi connectivity index (χ3v) is 6.76. The van der Waals surface area contributed by atoms with E-state index in [0.29, 0.717) is 36.5 Å². The molecule has 1 atom stereocenters. The van der Waals surface area contributed by atoms with Crippen LogP contribution in [0.2, 0.25) is 5.02 Å². The number of nitrogens with zero attached hydrogens (tertiary/aromatic N) is 4. The maximum atomic E-state index is 16.2. The minimum Gasteiger partial charge on any atom is -0.462 e. The molecule has 1 saturated heterocycles. The van der Waals surface area contributed by atoms with Crippen LogP contribution in [0.1, 0.15) is 18.4 Å². The fourth-order valence-corrected chi connectivity index (χ4v) is 4.90. The first-order valence-corrected chi connectivity index (χ1v) is 11.8. The molecular formula is C24H27ClFN7O. The second kappa shape index (κ2) is 9.32. The van der Waals surface area contributed by atoms with E-state index in [1.807, 2.05) is 19.1 Å². The van der Waals surface area contributed by atoms with Crippen LogP contribution in [0, 0.1) is 12.7 Å². The van der Waals surface area contributed by atoms with E-state index in [0.717, 1.165) is 35.9 Å². The molecule has 5 rings (SSSR count). The molecule has 178 valence electrons. The number of aromatic nitrogens is 4. The second-order valence-electron chi connectivity index (χ2n) is 8.69. The van der Waals surface area contributed by atoms with Crippen molar-refractivity contribution < 1.29 is 9.13 Å². The second-order valence-corrected chi connectivity index (χ2v) is 9.10. The molecule has 10 heteroatoms. The van der Waals surface area contributed by atoms with Gasteiger partial charge in [-0.2, -0.15) is 15.1 Å². The Kier molecular flexibility index (Phi) is 6.24. The van der Waals surface area contributed by atoms with Crippen molar-refractivity contribution in [3.8, 4) is 17.1 Å². The molecule has 4 aromatic rings. The first-order valence-electron chi connectivity index (χ1n) is 11.4. The van der Waals surface area contributed by atoms with Crippen molar-refractivity contribution in [2.24, 2.45) is 5.73 Å². The number of rotatable bonds is 7. The Hall–Kier alpha value is -3.01. The standard InChI is InChI=1S/C24H27ClFN7O/c1-13-5-6-18-16(11-29-32-18)19(13)20-17(25)10-15-22(21(20)26)30-24(31-23(15)28-8-7-27)34-12-14-4-3-9-33(14)2/h5-6,10-11,14H,3-4,7-9,12,27H2,1-2H3,(H,29,32)(H,28,30,31)/t14-/m0/s1. The summed E-state index contributed by atoms with van der Waals surface area (Å²) in [5.74, 6) is -0.0869. The molecule has 0 amide bonds. The first-order chi connectivity index (χ1) is 16.5. The zero-order chi connectivity index (χ0) is 23.8. The molecule has 0 saturated carbocycles. The number of H-pyrrole nitrogens is 1. The van der Waals surface area contributed by atoms with Crippen LogP contribution in [0.25, 0.3) is 32.9 Å². The Labute approximate surface area is 201 Å². The largest absolute Gasteiger partial charge is 0.462 e. The summed E-state index contributed by atoms with van der Waals surface area (Å²) in [6, 6.07) is 5.93. The monoisotopic (exact) mass is 483 g/mol. The van der Waals surface area contributed by atoms with Gasteiger partial charge in [0, 0.05) is 41.0 Å². The van der Waals surface area contributed by atoms with Crippen molar-refractivity contribution >= 4 is 39.2 Å². The van der Waals surface area contributed by atoms with Gasteiger partial charge in [0.1, 0.15) is 17.9 Å². The molecule has 8 nitrogen and oxygen atoms in total. The van der Waals surface area contributed by atoms with E-state index >= 15 is 4.39 Å². The van der Waals surface area contributed by atoms with Gasteiger partial charge in [0.05, 0.1) is 16.7 Å². The van der Waals surface area contributed by atoms with Crippen molar-refractivity contribution in [2.45, 2.75) is 25.8 Å². The molecule has 0 bridgehead atoms. The number of nitrogens with two attached hydrogens (primary N) is 1. The smallest absolute Gasteiger partial charge is 0.319 e. The number of aryl methyl sites for hydroxylation is 1. The highest BCUT2D eigenvalue weighted by Gasteiger charge is 2.24. The zero-order valence-electron chi connectivity index (χ0n) is 19.2. The van der Waals surface area contributed by atoms with Gasteiger partial charge in [-0.1, -0.05) is 17.7 Å². The molecular weight excluding hydrogens is 457 g/mol. The zero-order valence-corrected chi connectivity index (χ0v) is 19.9. The average Bonchev–Trinajstić information content (AvgIpc) is 3.46. The Balaban J connectivity index is 1.65. The molecule has 0 spiro atoms. The number of aromatic amines is 1. The lowest BCUT2D eigenvalue weighted by molar-refractivity contribution is 0.188. The van der Waals surface area contributed by atoms with Crippen LogP contribution in [0.5, 0.6) is 6.01 Å². The number of likely N-dealkylation sites (N-methyl/N-ethyl adjacent to an activating group) is 1. The molecule has 1 fully saturated rings. The number of benzene rings is 2. The summed E-state index contributed by atoms with van der Waals surface area (Å²) in [5, 5.41) is 11.7. The number of likely N-dealkylation sites (tertiary alicyclic amines) is 1. The lowest BCUT2D eigenvalue weighted by atomic mass is 9.95. The van der Waals surface area contributed by atoms with Gasteiger partial charge in [0.2, 0.25) is 0 Å². The topological polar surface area (TPSA) is 105 Å². The Morgan fingerprint density at radius 1 is 1.29 bits per heavy atom. The van der Waals surface area contributed by atoms with Crippen molar-refractivity contribution in [2.75, 3.05) is 38.6 Å². The number of hydrogen-bond acceptors (Lipinski definition) is 7. The highest BCUT2D eigenvalue weighted by molar-refractivity contribution is 6.35. The van der Waals surface area contributed by atoms with E-state index < -0.39 is 5.82 Å². The quantitative estimate of drug-likeness (QED) is 0.363. The van der Waals surface area contributed by atoms with E-state index in [4.69, 9.17) is 22.1 Å². The summed E-state index contributed by atoms with van der Waals surface area (Å²) in [5.41, 5.74) is 8.47. The van der Waals surface area contributed by atoms with Crippen LogP contribution in [0.15, 0.2) is 24.4 Å². The molecule has 1 aliphatic heterocycles. The summed E-state index contributed by atoms with van der Waals surface area (Å²) in [6.07, 6.45) is 3.85. The molecule has 2 aromatic carbocycles. The minimum atomic E-state index is -0.527. The predicted molar refractivity (Wildman–Crippen MR) is 133 cm³/mol. The molecule has 1 aliphatic rings. The highest BCUT2D eigenvalue weighted by atomic mass is 35.5. The summed E-state index contributed by atoms with van der Waals surface area (Å²) >= 11 is 6.68. The molecule has 0 radical (unpaired) electrons. The number of halogens is 2. The summed E-state index contributed by atoms with van der Waals surface area (Å²) in [4.78, 5) is 11.2. The Morgan fingerprint density at radius 3 is 2.91 bits per heavy atom. The fraction of sp³-hybridized carbons (Fsp3) is 0.375. The van der Waals surface area contributed by atoms with Gasteiger partial charge in [-0.3, -0.25) is 5.10 Å². The third kappa shape index (κ3) is 4.04. The van der Waals surface area contributed by atoms with Gasteiger partial charge in [-0.05, 0) is 51.1 Å². The summed E-state index contributed by atoms with van der Waals surface area (Å²) < 4.78 is 22.1. The van der Waals surface area contributed by atoms with E-state index in [2.05, 4.69) is 37.4 Å². The van der Waals surface area contributed by atoms with Gasteiger partial charge in [-0.25, -0.2) is 4.39 Å². The van der Waals surface area contributed by atoms with Crippen LogP contribution >= 0.6 is 11.6 Å². The molecule has 4 N–H and O–H groups in total. The Morgan fingerprint density at radius 2 is 2.15 bits per heavy atom. The summed E-state index contributed by atoms with van der Waals surface area (Å²) in [7, 11) is 2.07. The van der Waals surface area contributed by atoms with Gasteiger partial charge < -0.3 is 20.7 Å². The van der Waals surface area contributed by atoms with Crippen LogP contribution in [-0.2, 0) is 0 Å². The van der Waals surface area contributed by atoms with Gasteiger partial charge >= 0.3 is 6.01 Å². The van der Waals surface area contributed by atoms with E-state index in [1.54, 1.807) is 12.3 Å². The van der Waals surface area contributed by atoms with Crippen LogP contribution in [-0.4, -0.2) is 64.4 Å². The number of hydrogen-bond donors (Lipinski definition) is 3. The predicted octanol–water partition coefficient (Wildman–Crippen LogP) is 4.12. The molecule has 3 heterocycles. The van der Waals surface area contributed by atoms with Gasteiger partial charge in [0.25, 0.3) is 0 Å². The number of ether oxygens (including phenoxy) is 1. The van der Waals surface area contributed by atoms with Crippen molar-refractivity contribution in [1.82, 2.24) is 25.1 Å². The van der Waals surface area contributed by atoms with Crippen LogP contribution < -0.4 is 15.8 Å². The normalized spacial score (nSPS) is 16.6. The first kappa shape index (κ1) is 22.8. The van der Waals surface area contributed by atoms with Crippen molar-refractivity contribution in [3.63, 3.8) is 0 Å². The molecule has 0 unspecified atom stereocenters. The number of fused-ring (bicyclic) bond motifs is 2. The molecule has 0 aliphatic carbocycles. The third-order valence-electron chi connectivity index (χ3n) is 6.46. The number of nitrogens with one attached hydrogen (secondary N) is 2. The maximum absolute atomic E-state index is 16.2. The SMILES string of the molecule is Cc1ccc2[nH]ncc2c1-c1c(Cl)cc2c(NCCN)nc(OC[C@@H]3CCCN3C)nc2c1F.